The van der Waals surface area contributed by atoms with Crippen molar-refractivity contribution in [3.05, 3.63) is 145 Å². The SMILES string of the molecule is [2H]c1c([2H])c([2H])c(-c2c3c([2H])c([2H])c([2H])c([2H])c3c(-c3ccc4cc(-n5c(CC)nc6ccccc65)ccc4c3)c3c([2H])c([2H])c([2H])c([2H])c23)c([2H])c1[2H]. The minimum absolute atomic E-state index is 0.0926. The number of hydrogen-bond donors (Lipinski definition) is 0. The Bertz CT molecular complexity index is 2860. The monoisotopic (exact) mass is 537 g/mol. The smallest absolute Gasteiger partial charge is 0.114 e. The Balaban J connectivity index is 1.53. The molecule has 0 atom stereocenters. The Morgan fingerprint density at radius 1 is 0.610 bits per heavy atom. The largest absolute Gasteiger partial charge is 0.296 e. The zero-order valence-electron chi connectivity index (χ0n) is 34.9. The minimum atomic E-state index is -0.707. The molecule has 0 fully saturated rings. The first-order chi connectivity index (χ1) is 25.7. The van der Waals surface area contributed by atoms with E-state index in [1.807, 2.05) is 55.5 Å². The van der Waals surface area contributed by atoms with Gasteiger partial charge >= 0.3 is 0 Å². The molecule has 0 saturated carbocycles. The van der Waals surface area contributed by atoms with E-state index in [4.69, 9.17) is 20.1 Å². The number of para-hydroxylation sites is 2. The second kappa shape index (κ2) is 9.46. The van der Waals surface area contributed by atoms with Crippen LogP contribution in [0.2, 0.25) is 0 Å². The summed E-state index contributed by atoms with van der Waals surface area (Å²) in [6.07, 6.45) is 0.696. The van der Waals surface area contributed by atoms with Gasteiger partial charge in [-0.3, -0.25) is 4.57 Å². The molecule has 194 valence electrons. The molecule has 0 aliphatic heterocycles. The molecule has 0 spiro atoms. The van der Waals surface area contributed by atoms with Crippen LogP contribution in [0.3, 0.4) is 0 Å². The maximum absolute atomic E-state index is 9.18. The van der Waals surface area contributed by atoms with Crippen LogP contribution >= 0.6 is 0 Å². The summed E-state index contributed by atoms with van der Waals surface area (Å²) in [4.78, 5) is 4.80. The molecule has 8 aromatic rings. The van der Waals surface area contributed by atoms with E-state index in [1.165, 1.54) is 0 Å². The Kier molecular flexibility index (Phi) is 3.21. The van der Waals surface area contributed by atoms with Gasteiger partial charge in [-0.25, -0.2) is 4.98 Å². The maximum atomic E-state index is 9.18. The van der Waals surface area contributed by atoms with Crippen molar-refractivity contribution in [1.29, 1.82) is 0 Å². The number of rotatable bonds is 4. The summed E-state index contributed by atoms with van der Waals surface area (Å²) in [5.74, 6) is 0.882. The molecule has 1 heterocycles. The van der Waals surface area contributed by atoms with Crippen molar-refractivity contribution in [2.45, 2.75) is 13.3 Å². The van der Waals surface area contributed by atoms with Gasteiger partial charge in [-0.05, 0) is 84.9 Å². The van der Waals surface area contributed by atoms with Gasteiger partial charge in [0, 0.05) is 12.1 Å². The number of hydrogen-bond acceptors (Lipinski definition) is 1. The van der Waals surface area contributed by atoms with Crippen molar-refractivity contribution in [2.75, 3.05) is 0 Å². The van der Waals surface area contributed by atoms with E-state index in [1.54, 1.807) is 12.1 Å². The first kappa shape index (κ1) is 13.9. The van der Waals surface area contributed by atoms with E-state index in [2.05, 4.69) is 4.57 Å². The summed E-state index contributed by atoms with van der Waals surface area (Å²) in [5.41, 5.74) is 2.43. The summed E-state index contributed by atoms with van der Waals surface area (Å²) in [5, 5.41) is 0.853. The van der Waals surface area contributed by atoms with Gasteiger partial charge in [-0.1, -0.05) is 116 Å². The quantitative estimate of drug-likeness (QED) is 0.204. The first-order valence-corrected chi connectivity index (χ1v) is 13.2. The number of fused-ring (bicyclic) bond motifs is 4. The number of nitrogens with zero attached hydrogens (tertiary/aromatic N) is 2. The zero-order chi connectivity index (χ0) is 38.7. The topological polar surface area (TPSA) is 17.8 Å². The molecule has 7 aromatic carbocycles. The number of aromatic nitrogens is 2. The predicted molar refractivity (Wildman–Crippen MR) is 174 cm³/mol. The minimum Gasteiger partial charge on any atom is -0.296 e. The molecule has 1 aromatic heterocycles. The van der Waals surface area contributed by atoms with E-state index in [0.29, 0.717) is 12.0 Å². The lowest BCUT2D eigenvalue weighted by atomic mass is 9.85. The van der Waals surface area contributed by atoms with Gasteiger partial charge in [0.2, 0.25) is 0 Å². The molecular formula is C39H28N2. The van der Waals surface area contributed by atoms with Gasteiger partial charge in [-0.15, -0.1) is 0 Å². The first-order valence-electron chi connectivity index (χ1n) is 19.7. The van der Waals surface area contributed by atoms with Crippen LogP contribution in [0, 0.1) is 0 Å². The molecule has 0 aliphatic rings. The third-order valence-corrected chi connectivity index (χ3v) is 7.44. The molecule has 2 heteroatoms. The molecule has 41 heavy (non-hydrogen) atoms. The molecule has 0 unspecified atom stereocenters. The van der Waals surface area contributed by atoms with Crippen molar-refractivity contribution < 1.29 is 17.8 Å². The van der Waals surface area contributed by atoms with Crippen molar-refractivity contribution in [1.82, 2.24) is 9.55 Å². The summed E-state index contributed by atoms with van der Waals surface area (Å²) in [7, 11) is 0. The second-order valence-corrected chi connectivity index (χ2v) is 9.70. The van der Waals surface area contributed by atoms with Crippen molar-refractivity contribution in [3.63, 3.8) is 0 Å². The average molecular weight is 538 g/mol. The highest BCUT2D eigenvalue weighted by Gasteiger charge is 2.17. The second-order valence-electron chi connectivity index (χ2n) is 9.70. The standard InChI is InChI=1S/C39H28N2/c1-2-37-40-35-18-10-11-19-36(35)41(37)30-23-22-27-24-29(21-20-28(27)25-30)39-33-16-8-6-14-31(33)38(26-12-4-3-5-13-26)32-15-7-9-17-34(32)39/h3-25H,2H2,1H3/i3D,4D,5D,6D,7D,8D,9D,12D,13D,14D,15D,16D,17D. The fourth-order valence-corrected chi connectivity index (χ4v) is 5.67. The fraction of sp³-hybridized carbons (Fsp3) is 0.0513. The highest BCUT2D eigenvalue weighted by molar-refractivity contribution is 6.21. The molecule has 2 nitrogen and oxygen atoms in total. The lowest BCUT2D eigenvalue weighted by Crippen LogP contribution is -2.00. The highest BCUT2D eigenvalue weighted by atomic mass is 15.1. The predicted octanol–water partition coefficient (Wildman–Crippen LogP) is 10.4. The van der Waals surface area contributed by atoms with Crippen LogP contribution in [-0.2, 0) is 6.42 Å². The third-order valence-electron chi connectivity index (χ3n) is 7.44. The van der Waals surface area contributed by atoms with Crippen LogP contribution in [-0.4, -0.2) is 9.55 Å². The molecule has 8 rings (SSSR count). The summed E-state index contributed by atoms with van der Waals surface area (Å²) < 4.78 is 116. The van der Waals surface area contributed by atoms with Crippen LogP contribution in [0.25, 0.3) is 71.3 Å². The molecule has 0 bridgehead atoms. The van der Waals surface area contributed by atoms with Crippen LogP contribution < -0.4 is 0 Å². The molecule has 0 aliphatic carbocycles. The van der Waals surface area contributed by atoms with Crippen molar-refractivity contribution in [2.24, 2.45) is 0 Å². The number of aryl methyl sites for hydroxylation is 1. The van der Waals surface area contributed by atoms with Crippen LogP contribution in [0.1, 0.15) is 30.6 Å². The molecule has 0 amide bonds. The summed E-state index contributed by atoms with van der Waals surface area (Å²) in [6.45, 7) is 2.03. The Morgan fingerprint density at radius 3 is 1.88 bits per heavy atom. The average Bonchev–Trinajstić information content (AvgIpc) is 3.56. The van der Waals surface area contributed by atoms with E-state index in [9.17, 15) is 2.74 Å². The molecular weight excluding hydrogens is 496 g/mol. The van der Waals surface area contributed by atoms with Gasteiger partial charge in [0.25, 0.3) is 0 Å². The molecule has 0 saturated heterocycles. The van der Waals surface area contributed by atoms with E-state index >= 15 is 0 Å². The van der Waals surface area contributed by atoms with E-state index < -0.39 is 84.1 Å². The number of imidazole rings is 1. The lowest BCUT2D eigenvalue weighted by molar-refractivity contribution is 0.909. The summed E-state index contributed by atoms with van der Waals surface area (Å²) in [6, 6.07) is 10.8. The van der Waals surface area contributed by atoms with Crippen LogP contribution in [0.5, 0.6) is 0 Å². The van der Waals surface area contributed by atoms with Crippen molar-refractivity contribution >= 4 is 43.4 Å². The van der Waals surface area contributed by atoms with Gasteiger partial charge in [0.05, 0.1) is 28.9 Å². The Hall–Kier alpha value is -5.21. The Labute approximate surface area is 257 Å². The van der Waals surface area contributed by atoms with Crippen LogP contribution in [0.15, 0.2) is 139 Å². The van der Waals surface area contributed by atoms with Crippen LogP contribution in [0.4, 0.5) is 0 Å². The number of benzene rings is 7. The maximum Gasteiger partial charge on any atom is 0.114 e. The molecule has 0 radical (unpaired) electrons. The van der Waals surface area contributed by atoms with Gasteiger partial charge in [-0.2, -0.15) is 0 Å². The fourth-order valence-electron chi connectivity index (χ4n) is 5.67. The Morgan fingerprint density at radius 2 is 1.20 bits per heavy atom. The normalized spacial score (nSPS) is 16.1. The summed E-state index contributed by atoms with van der Waals surface area (Å²) >= 11 is 0. The van der Waals surface area contributed by atoms with Gasteiger partial charge in [0.15, 0.2) is 0 Å². The lowest BCUT2D eigenvalue weighted by Gasteiger charge is -2.18. The molecule has 0 N–H and O–H groups in total. The van der Waals surface area contributed by atoms with Gasteiger partial charge in [0.1, 0.15) is 5.82 Å². The third kappa shape index (κ3) is 3.76. The zero-order valence-corrected chi connectivity index (χ0v) is 21.9. The van der Waals surface area contributed by atoms with E-state index in [-0.39, 0.29) is 32.7 Å². The highest BCUT2D eigenvalue weighted by Crippen LogP contribution is 2.44. The van der Waals surface area contributed by atoms with Crippen molar-refractivity contribution in [3.8, 4) is 27.9 Å². The van der Waals surface area contributed by atoms with Gasteiger partial charge < -0.3 is 0 Å². The van der Waals surface area contributed by atoms with E-state index in [0.717, 1.165) is 33.3 Å².